The number of methoxy groups -OCH3 is 2. The van der Waals surface area contributed by atoms with Gasteiger partial charge < -0.3 is 18.9 Å². The number of benzene rings is 6. The average molecular weight is 667 g/mol. The van der Waals surface area contributed by atoms with Crippen molar-refractivity contribution in [2.75, 3.05) is 14.2 Å². The van der Waals surface area contributed by atoms with Gasteiger partial charge in [-0.05, 0) is 70.4 Å². The van der Waals surface area contributed by atoms with Crippen LogP contribution in [0.4, 0.5) is 11.4 Å². The predicted octanol–water partition coefficient (Wildman–Crippen LogP) is 8.70. The maximum absolute atomic E-state index is 12.9. The van der Waals surface area contributed by atoms with Crippen LogP contribution in [0.25, 0.3) is 21.5 Å². The third-order valence-electron chi connectivity index (χ3n) is 7.87. The first-order chi connectivity index (χ1) is 24.3. The van der Waals surface area contributed by atoms with Crippen molar-refractivity contribution in [1.82, 2.24) is 0 Å². The number of nitrogens with zero attached hydrogens (tertiary/aromatic N) is 2. The van der Waals surface area contributed by atoms with E-state index in [1.54, 1.807) is 48.5 Å². The van der Waals surface area contributed by atoms with Crippen LogP contribution >= 0.6 is 0 Å². The highest BCUT2D eigenvalue weighted by molar-refractivity contribution is 6.05. The van der Waals surface area contributed by atoms with E-state index in [-0.39, 0.29) is 35.5 Å². The number of ether oxygens (including phenoxy) is 4. The molecule has 0 saturated carbocycles. The summed E-state index contributed by atoms with van der Waals surface area (Å²) in [5, 5.41) is 11.2. The van der Waals surface area contributed by atoms with E-state index in [1.807, 2.05) is 60.7 Å². The zero-order valence-electron chi connectivity index (χ0n) is 27.1. The van der Waals surface area contributed by atoms with Crippen LogP contribution in [-0.2, 0) is 32.2 Å². The normalized spacial score (nSPS) is 11.0. The van der Waals surface area contributed by atoms with Crippen molar-refractivity contribution in [3.63, 3.8) is 0 Å². The summed E-state index contributed by atoms with van der Waals surface area (Å²) in [6, 6.07) is 34.7. The van der Waals surface area contributed by atoms with Crippen LogP contribution < -0.4 is 0 Å². The summed E-state index contributed by atoms with van der Waals surface area (Å²) in [6.45, 7) is 0.211. The standard InChI is InChI=1S/C40H30N2O8/c1-47-37(43)31-19-29-17-27(39(45)49-23-25-9-5-3-6-10-25)13-15-33(29)35(21-31)41-42-36-22-32(38(44)48-2)20-30-18-28(14-16-34(30)36)40(46)50-24-26-11-7-4-8-12-26/h3-22H,23-24H2,1-2H3. The zero-order chi connectivity index (χ0) is 35.0. The first-order valence-corrected chi connectivity index (χ1v) is 15.5. The minimum Gasteiger partial charge on any atom is -0.465 e. The van der Waals surface area contributed by atoms with Gasteiger partial charge in [0, 0.05) is 10.8 Å². The lowest BCUT2D eigenvalue weighted by molar-refractivity contribution is 0.0464. The van der Waals surface area contributed by atoms with Gasteiger partial charge in [-0.1, -0.05) is 72.8 Å². The third kappa shape index (κ3) is 7.55. The minimum atomic E-state index is -0.606. The number of hydrogen-bond acceptors (Lipinski definition) is 10. The molecule has 0 spiro atoms. The lowest BCUT2D eigenvalue weighted by Crippen LogP contribution is -2.05. The van der Waals surface area contributed by atoms with E-state index in [2.05, 4.69) is 10.2 Å². The van der Waals surface area contributed by atoms with Crippen LogP contribution in [0.5, 0.6) is 0 Å². The number of hydrogen-bond donors (Lipinski definition) is 0. The van der Waals surface area contributed by atoms with Crippen molar-refractivity contribution < 1.29 is 38.1 Å². The molecule has 0 saturated heterocycles. The van der Waals surface area contributed by atoms with Gasteiger partial charge in [-0.15, -0.1) is 10.2 Å². The molecule has 0 aliphatic heterocycles. The number of rotatable bonds is 10. The summed E-state index contributed by atoms with van der Waals surface area (Å²) in [7, 11) is 2.53. The SMILES string of the molecule is COC(=O)c1cc(N=Nc2cc(C(=O)OC)cc3cc(C(=O)OCc4ccccc4)ccc23)c2ccc(C(=O)OCc3ccccc3)cc2c1. The minimum absolute atomic E-state index is 0.105. The topological polar surface area (TPSA) is 130 Å². The molecular formula is C40H30N2O8. The van der Waals surface area contributed by atoms with Crippen molar-refractivity contribution in [2.24, 2.45) is 10.2 Å². The molecule has 0 unspecified atom stereocenters. The smallest absolute Gasteiger partial charge is 0.338 e. The van der Waals surface area contributed by atoms with Crippen molar-refractivity contribution >= 4 is 56.8 Å². The second-order valence-corrected chi connectivity index (χ2v) is 11.2. The Morgan fingerprint density at radius 2 is 0.840 bits per heavy atom. The Hall–Kier alpha value is -6.68. The molecule has 0 amide bonds. The molecule has 0 atom stereocenters. The first-order valence-electron chi connectivity index (χ1n) is 15.5. The zero-order valence-corrected chi connectivity index (χ0v) is 27.1. The summed E-state index contributed by atoms with van der Waals surface area (Å²) in [4.78, 5) is 51.1. The maximum atomic E-state index is 12.9. The van der Waals surface area contributed by atoms with E-state index in [1.165, 1.54) is 26.4 Å². The van der Waals surface area contributed by atoms with Gasteiger partial charge in [-0.25, -0.2) is 19.2 Å². The van der Waals surface area contributed by atoms with Crippen LogP contribution in [0.3, 0.4) is 0 Å². The molecule has 0 N–H and O–H groups in total. The van der Waals surface area contributed by atoms with E-state index in [0.29, 0.717) is 32.9 Å². The number of fused-ring (bicyclic) bond motifs is 2. The van der Waals surface area contributed by atoms with Crippen molar-refractivity contribution in [3.05, 3.63) is 155 Å². The molecule has 248 valence electrons. The third-order valence-corrected chi connectivity index (χ3v) is 7.87. The molecule has 50 heavy (non-hydrogen) atoms. The highest BCUT2D eigenvalue weighted by atomic mass is 16.5. The van der Waals surface area contributed by atoms with Gasteiger partial charge in [0.15, 0.2) is 0 Å². The summed E-state index contributed by atoms with van der Waals surface area (Å²) in [6.07, 6.45) is 0. The Balaban J connectivity index is 1.34. The Morgan fingerprint density at radius 3 is 1.22 bits per heavy atom. The summed E-state index contributed by atoms with van der Waals surface area (Å²) in [5.74, 6) is -2.27. The summed E-state index contributed by atoms with van der Waals surface area (Å²) in [5.41, 5.74) is 3.27. The predicted molar refractivity (Wildman–Crippen MR) is 186 cm³/mol. The molecule has 6 rings (SSSR count). The highest BCUT2D eigenvalue weighted by Gasteiger charge is 2.17. The van der Waals surface area contributed by atoms with Crippen molar-refractivity contribution in [1.29, 1.82) is 0 Å². The van der Waals surface area contributed by atoms with Crippen LogP contribution in [0.2, 0.25) is 0 Å². The van der Waals surface area contributed by atoms with Gasteiger partial charge in [0.05, 0.1) is 47.8 Å². The van der Waals surface area contributed by atoms with Gasteiger partial charge in [0.1, 0.15) is 13.2 Å². The first kappa shape index (κ1) is 33.2. The Kier molecular flexibility index (Phi) is 9.99. The Bertz CT molecular complexity index is 2110. The fourth-order valence-corrected chi connectivity index (χ4v) is 5.31. The average Bonchev–Trinajstić information content (AvgIpc) is 3.17. The molecule has 10 nitrogen and oxygen atoms in total. The number of azo groups is 1. The monoisotopic (exact) mass is 666 g/mol. The lowest BCUT2D eigenvalue weighted by Gasteiger charge is -2.10. The molecule has 0 bridgehead atoms. The van der Waals surface area contributed by atoms with Gasteiger partial charge in [-0.3, -0.25) is 0 Å². The molecule has 0 radical (unpaired) electrons. The van der Waals surface area contributed by atoms with Crippen LogP contribution in [0.1, 0.15) is 52.6 Å². The quantitative estimate of drug-likeness (QED) is 0.0806. The summed E-state index contributed by atoms with van der Waals surface area (Å²) < 4.78 is 20.9. The Morgan fingerprint density at radius 1 is 0.460 bits per heavy atom. The molecule has 0 aliphatic carbocycles. The maximum Gasteiger partial charge on any atom is 0.338 e. The molecular weight excluding hydrogens is 636 g/mol. The molecule has 0 fully saturated rings. The fourth-order valence-electron chi connectivity index (χ4n) is 5.31. The Labute approximate surface area is 286 Å². The molecule has 6 aromatic carbocycles. The van der Waals surface area contributed by atoms with Gasteiger partial charge in [0.25, 0.3) is 0 Å². The molecule has 0 aromatic heterocycles. The highest BCUT2D eigenvalue weighted by Crippen LogP contribution is 2.34. The van der Waals surface area contributed by atoms with Crippen LogP contribution in [0, 0.1) is 0 Å². The van der Waals surface area contributed by atoms with E-state index < -0.39 is 23.9 Å². The molecule has 0 aliphatic rings. The molecule has 6 aromatic rings. The van der Waals surface area contributed by atoms with Gasteiger partial charge in [-0.2, -0.15) is 0 Å². The molecule has 0 heterocycles. The number of carbonyl (C=O) groups is 4. The van der Waals surface area contributed by atoms with Crippen LogP contribution in [0.15, 0.2) is 132 Å². The van der Waals surface area contributed by atoms with Crippen molar-refractivity contribution in [2.45, 2.75) is 13.2 Å². The largest absolute Gasteiger partial charge is 0.465 e. The van der Waals surface area contributed by atoms with E-state index in [0.717, 1.165) is 11.1 Å². The number of esters is 4. The van der Waals surface area contributed by atoms with Crippen molar-refractivity contribution in [3.8, 4) is 0 Å². The second kappa shape index (κ2) is 15.0. The number of carbonyl (C=O) groups excluding carboxylic acids is 4. The molecule has 10 heteroatoms. The lowest BCUT2D eigenvalue weighted by atomic mass is 10.0. The van der Waals surface area contributed by atoms with E-state index >= 15 is 0 Å². The van der Waals surface area contributed by atoms with E-state index in [4.69, 9.17) is 18.9 Å². The summed E-state index contributed by atoms with van der Waals surface area (Å²) >= 11 is 0. The van der Waals surface area contributed by atoms with Gasteiger partial charge in [0.2, 0.25) is 0 Å². The van der Waals surface area contributed by atoms with Gasteiger partial charge >= 0.3 is 23.9 Å². The second-order valence-electron chi connectivity index (χ2n) is 11.2. The van der Waals surface area contributed by atoms with Crippen LogP contribution in [-0.4, -0.2) is 38.1 Å². The fraction of sp³-hybridized carbons (Fsp3) is 0.100. The van der Waals surface area contributed by atoms with E-state index in [9.17, 15) is 19.2 Å².